The Morgan fingerprint density at radius 3 is 2.59 bits per heavy atom. The Kier molecular flexibility index (Phi) is 3.77. The highest BCUT2D eigenvalue weighted by Gasteiger charge is 2.21. The molecule has 4 nitrogen and oxygen atoms in total. The van der Waals surface area contributed by atoms with Crippen LogP contribution in [0.3, 0.4) is 0 Å². The quantitative estimate of drug-likeness (QED) is 0.869. The van der Waals surface area contributed by atoms with Crippen LogP contribution in [0.2, 0.25) is 0 Å². The van der Waals surface area contributed by atoms with Gasteiger partial charge < -0.3 is 4.90 Å². The third-order valence-corrected chi connectivity index (χ3v) is 4.71. The summed E-state index contributed by atoms with van der Waals surface area (Å²) in [6.07, 6.45) is 5.55. The first-order valence-electron chi connectivity index (χ1n) is 8.24. The van der Waals surface area contributed by atoms with Crippen LogP contribution in [0.4, 0.5) is 5.95 Å². The summed E-state index contributed by atoms with van der Waals surface area (Å²) in [5.74, 6) is 0.931. The van der Waals surface area contributed by atoms with Crippen molar-refractivity contribution in [2.45, 2.75) is 25.8 Å². The number of aryl methyl sites for hydroxylation is 2. The SMILES string of the molecule is c1ccc(CN2CCN(c3ncc4c(n3)CCC4)CC2)cc1. The standard InChI is InChI=1S/C18H22N4/c1-2-5-15(6-3-1)14-21-9-11-22(12-10-21)18-19-13-16-7-4-8-17(16)20-18/h1-3,5-6,13H,4,7-12,14H2. The molecule has 4 rings (SSSR count). The Hall–Kier alpha value is -1.94. The highest BCUT2D eigenvalue weighted by Crippen LogP contribution is 2.22. The van der Waals surface area contributed by atoms with Crippen molar-refractivity contribution in [3.8, 4) is 0 Å². The number of benzene rings is 1. The predicted molar refractivity (Wildman–Crippen MR) is 88.0 cm³/mol. The average Bonchev–Trinajstić information content (AvgIpc) is 3.04. The van der Waals surface area contributed by atoms with Crippen molar-refractivity contribution < 1.29 is 0 Å². The van der Waals surface area contributed by atoms with Gasteiger partial charge in [-0.05, 0) is 30.4 Å². The van der Waals surface area contributed by atoms with E-state index in [0.29, 0.717) is 0 Å². The fraction of sp³-hybridized carbons (Fsp3) is 0.444. The first-order valence-corrected chi connectivity index (χ1v) is 8.24. The summed E-state index contributed by atoms with van der Waals surface area (Å²) in [6.45, 7) is 5.24. The van der Waals surface area contributed by atoms with Crippen molar-refractivity contribution in [2.75, 3.05) is 31.1 Å². The largest absolute Gasteiger partial charge is 0.338 e. The molecule has 1 aliphatic carbocycles. The number of fused-ring (bicyclic) bond motifs is 1. The van der Waals surface area contributed by atoms with Crippen molar-refractivity contribution in [1.82, 2.24) is 14.9 Å². The van der Waals surface area contributed by atoms with Gasteiger partial charge in [0, 0.05) is 44.6 Å². The Labute approximate surface area is 131 Å². The van der Waals surface area contributed by atoms with Crippen LogP contribution < -0.4 is 4.90 Å². The van der Waals surface area contributed by atoms with Gasteiger partial charge in [-0.2, -0.15) is 0 Å². The molecule has 0 radical (unpaired) electrons. The van der Waals surface area contributed by atoms with Crippen LogP contribution >= 0.6 is 0 Å². The van der Waals surface area contributed by atoms with Gasteiger partial charge in [-0.25, -0.2) is 9.97 Å². The number of aromatic nitrogens is 2. The minimum atomic E-state index is 0.931. The van der Waals surface area contributed by atoms with E-state index in [9.17, 15) is 0 Å². The van der Waals surface area contributed by atoms with Gasteiger partial charge in [0.05, 0.1) is 0 Å². The summed E-state index contributed by atoms with van der Waals surface area (Å²) in [5, 5.41) is 0. The average molecular weight is 294 g/mol. The van der Waals surface area contributed by atoms with Crippen LogP contribution in [0.1, 0.15) is 23.2 Å². The molecule has 0 atom stereocenters. The monoisotopic (exact) mass is 294 g/mol. The summed E-state index contributed by atoms with van der Waals surface area (Å²) < 4.78 is 0. The molecule has 0 amide bonds. The zero-order chi connectivity index (χ0) is 14.8. The first kappa shape index (κ1) is 13.7. The topological polar surface area (TPSA) is 32.3 Å². The summed E-state index contributed by atoms with van der Waals surface area (Å²) >= 11 is 0. The maximum atomic E-state index is 4.78. The van der Waals surface area contributed by atoms with Crippen LogP contribution in [0, 0.1) is 0 Å². The number of anilines is 1. The maximum absolute atomic E-state index is 4.78. The van der Waals surface area contributed by atoms with E-state index in [1.54, 1.807) is 0 Å². The highest BCUT2D eigenvalue weighted by atomic mass is 15.3. The zero-order valence-corrected chi connectivity index (χ0v) is 12.9. The summed E-state index contributed by atoms with van der Waals surface area (Å²) in [4.78, 5) is 14.2. The lowest BCUT2D eigenvalue weighted by molar-refractivity contribution is 0.248. The van der Waals surface area contributed by atoms with Gasteiger partial charge in [0.25, 0.3) is 0 Å². The molecule has 0 N–H and O–H groups in total. The zero-order valence-electron chi connectivity index (χ0n) is 12.9. The van der Waals surface area contributed by atoms with Gasteiger partial charge in [-0.15, -0.1) is 0 Å². The molecule has 114 valence electrons. The molecule has 1 fully saturated rings. The fourth-order valence-corrected chi connectivity index (χ4v) is 3.40. The van der Waals surface area contributed by atoms with Gasteiger partial charge >= 0.3 is 0 Å². The molecule has 1 aromatic heterocycles. The molecule has 1 saturated heterocycles. The molecule has 22 heavy (non-hydrogen) atoms. The van der Waals surface area contributed by atoms with Crippen molar-refractivity contribution in [2.24, 2.45) is 0 Å². The van der Waals surface area contributed by atoms with Gasteiger partial charge in [-0.1, -0.05) is 30.3 Å². The molecule has 0 saturated carbocycles. The number of rotatable bonds is 3. The van der Waals surface area contributed by atoms with E-state index in [1.165, 1.54) is 23.2 Å². The number of hydrogen-bond donors (Lipinski definition) is 0. The Bertz CT molecular complexity index is 633. The Morgan fingerprint density at radius 2 is 1.77 bits per heavy atom. The molecule has 4 heteroatoms. The van der Waals surface area contributed by atoms with Crippen molar-refractivity contribution >= 4 is 5.95 Å². The van der Waals surface area contributed by atoms with E-state index < -0.39 is 0 Å². The predicted octanol–water partition coefficient (Wildman–Crippen LogP) is 2.29. The van der Waals surface area contributed by atoms with Crippen LogP contribution in [0.15, 0.2) is 36.5 Å². The molecule has 2 aliphatic rings. The smallest absolute Gasteiger partial charge is 0.225 e. The van der Waals surface area contributed by atoms with Crippen LogP contribution in [0.5, 0.6) is 0 Å². The van der Waals surface area contributed by atoms with Gasteiger partial charge in [0.1, 0.15) is 0 Å². The maximum Gasteiger partial charge on any atom is 0.225 e. The van der Waals surface area contributed by atoms with E-state index in [2.05, 4.69) is 45.1 Å². The second-order valence-corrected chi connectivity index (χ2v) is 6.24. The van der Waals surface area contributed by atoms with E-state index in [-0.39, 0.29) is 0 Å². The van der Waals surface area contributed by atoms with Crippen molar-refractivity contribution in [3.63, 3.8) is 0 Å². The Balaban J connectivity index is 1.37. The van der Waals surface area contributed by atoms with Gasteiger partial charge in [0.2, 0.25) is 5.95 Å². The van der Waals surface area contributed by atoms with Gasteiger partial charge in [0.15, 0.2) is 0 Å². The molecule has 1 aromatic carbocycles. The normalized spacial score (nSPS) is 18.5. The van der Waals surface area contributed by atoms with E-state index in [1.807, 2.05) is 6.20 Å². The third-order valence-electron chi connectivity index (χ3n) is 4.71. The Morgan fingerprint density at radius 1 is 0.955 bits per heavy atom. The third kappa shape index (κ3) is 2.83. The lowest BCUT2D eigenvalue weighted by Gasteiger charge is -2.34. The lowest BCUT2D eigenvalue weighted by atomic mass is 10.2. The van der Waals surface area contributed by atoms with Crippen LogP contribution in [-0.2, 0) is 19.4 Å². The van der Waals surface area contributed by atoms with E-state index in [0.717, 1.165) is 51.5 Å². The van der Waals surface area contributed by atoms with Crippen LogP contribution in [-0.4, -0.2) is 41.0 Å². The molecule has 0 spiro atoms. The number of piperazine rings is 1. The van der Waals surface area contributed by atoms with Gasteiger partial charge in [-0.3, -0.25) is 4.90 Å². The molecule has 2 aromatic rings. The highest BCUT2D eigenvalue weighted by molar-refractivity contribution is 5.35. The van der Waals surface area contributed by atoms with Crippen molar-refractivity contribution in [1.29, 1.82) is 0 Å². The van der Waals surface area contributed by atoms with E-state index in [4.69, 9.17) is 4.98 Å². The number of nitrogens with zero attached hydrogens (tertiary/aromatic N) is 4. The molecule has 0 bridgehead atoms. The lowest BCUT2D eigenvalue weighted by Crippen LogP contribution is -2.46. The fourth-order valence-electron chi connectivity index (χ4n) is 3.40. The summed E-state index contributed by atoms with van der Waals surface area (Å²) in [6, 6.07) is 10.7. The van der Waals surface area contributed by atoms with Crippen molar-refractivity contribution in [3.05, 3.63) is 53.3 Å². The molecular formula is C18H22N4. The summed E-state index contributed by atoms with van der Waals surface area (Å²) in [5.41, 5.74) is 4.02. The summed E-state index contributed by atoms with van der Waals surface area (Å²) in [7, 11) is 0. The first-order chi connectivity index (χ1) is 10.9. The molecule has 2 heterocycles. The second kappa shape index (κ2) is 6.05. The minimum absolute atomic E-state index is 0.931. The van der Waals surface area contributed by atoms with Crippen LogP contribution in [0.25, 0.3) is 0 Å². The minimum Gasteiger partial charge on any atom is -0.338 e. The molecular weight excluding hydrogens is 272 g/mol. The second-order valence-electron chi connectivity index (χ2n) is 6.24. The molecule has 1 aliphatic heterocycles. The number of hydrogen-bond acceptors (Lipinski definition) is 4. The van der Waals surface area contributed by atoms with E-state index >= 15 is 0 Å². The molecule has 0 unspecified atom stereocenters.